The van der Waals surface area contributed by atoms with Crippen LogP contribution >= 0.6 is 11.6 Å². The van der Waals surface area contributed by atoms with Crippen LogP contribution in [0.3, 0.4) is 0 Å². The summed E-state index contributed by atoms with van der Waals surface area (Å²) in [6, 6.07) is 12.3. The first-order chi connectivity index (χ1) is 12.4. The molecule has 1 heterocycles. The van der Waals surface area contributed by atoms with Gasteiger partial charge in [0.25, 0.3) is 11.2 Å². The zero-order chi connectivity index (χ0) is 18.8. The molecule has 0 radical (unpaired) electrons. The zero-order valence-corrected chi connectivity index (χ0v) is 14.3. The summed E-state index contributed by atoms with van der Waals surface area (Å²) >= 11 is 5.99. The second-order valence-corrected chi connectivity index (χ2v) is 5.93. The third kappa shape index (κ3) is 3.25. The molecule has 0 bridgehead atoms. The van der Waals surface area contributed by atoms with Crippen molar-refractivity contribution < 1.29 is 9.72 Å². The molecule has 3 rings (SSSR count). The van der Waals surface area contributed by atoms with E-state index in [1.165, 1.54) is 37.4 Å². The van der Waals surface area contributed by atoms with Crippen molar-refractivity contribution in [2.45, 2.75) is 6.92 Å². The monoisotopic (exact) mass is 369 g/mol. The van der Waals surface area contributed by atoms with E-state index in [0.717, 1.165) is 4.68 Å². The number of aromatic nitrogens is 1. The normalized spacial score (nSPS) is 11.2. The Morgan fingerprint density at radius 3 is 2.65 bits per heavy atom. The summed E-state index contributed by atoms with van der Waals surface area (Å²) in [6.45, 7) is 1.28. The summed E-state index contributed by atoms with van der Waals surface area (Å²) in [5, 5.41) is 16.2. The van der Waals surface area contributed by atoms with Gasteiger partial charge in [-0.3, -0.25) is 19.7 Å². The van der Waals surface area contributed by atoms with E-state index in [1.54, 1.807) is 24.3 Å². The van der Waals surface area contributed by atoms with Gasteiger partial charge in [0.15, 0.2) is 5.78 Å². The van der Waals surface area contributed by atoms with E-state index in [-0.39, 0.29) is 16.8 Å². The smallest absolute Gasteiger partial charge is 0.282 e. The van der Waals surface area contributed by atoms with Gasteiger partial charge in [-0.15, -0.1) is 0 Å². The van der Waals surface area contributed by atoms with Gasteiger partial charge >= 0.3 is 0 Å². The van der Waals surface area contributed by atoms with Crippen molar-refractivity contribution in [3.63, 3.8) is 0 Å². The molecule has 0 spiro atoms. The van der Waals surface area contributed by atoms with Crippen LogP contribution in [-0.4, -0.2) is 21.6 Å². The lowest BCUT2D eigenvalue weighted by Gasteiger charge is -2.07. The number of halogens is 1. The molecule has 0 fully saturated rings. The molecule has 0 saturated carbocycles. The van der Waals surface area contributed by atoms with Gasteiger partial charge in [0.1, 0.15) is 0 Å². The average Bonchev–Trinajstić information content (AvgIpc) is 2.60. The number of fused-ring (bicyclic) bond motifs is 1. The standard InChI is InChI=1S/C18H12ClN3O4/c1-11(23)15-9-13-8-14(19)6-7-16(13)21(18(15)24)20-10-12-4-2-3-5-17(12)22(25)26/h2-10H,1H3/b20-10+. The van der Waals surface area contributed by atoms with Crippen molar-refractivity contribution in [2.24, 2.45) is 5.10 Å². The largest absolute Gasteiger partial charge is 0.294 e. The predicted octanol–water partition coefficient (Wildman–Crippen LogP) is 3.65. The third-order valence-electron chi connectivity index (χ3n) is 3.77. The highest BCUT2D eigenvalue weighted by Crippen LogP contribution is 2.20. The molecule has 26 heavy (non-hydrogen) atoms. The van der Waals surface area contributed by atoms with Gasteiger partial charge in [0, 0.05) is 16.5 Å². The fourth-order valence-corrected chi connectivity index (χ4v) is 2.70. The molecule has 8 heteroatoms. The van der Waals surface area contributed by atoms with E-state index in [2.05, 4.69) is 5.10 Å². The highest BCUT2D eigenvalue weighted by atomic mass is 35.5. The summed E-state index contributed by atoms with van der Waals surface area (Å²) in [5.74, 6) is -0.411. The van der Waals surface area contributed by atoms with Crippen molar-refractivity contribution in [2.75, 3.05) is 0 Å². The first-order valence-electron chi connectivity index (χ1n) is 7.52. The van der Waals surface area contributed by atoms with E-state index in [0.29, 0.717) is 15.9 Å². The molecular weight excluding hydrogens is 358 g/mol. The Balaban J connectivity index is 2.25. The summed E-state index contributed by atoms with van der Waals surface area (Å²) < 4.78 is 1.04. The number of rotatable bonds is 4. The van der Waals surface area contributed by atoms with Crippen LogP contribution in [0.1, 0.15) is 22.8 Å². The Morgan fingerprint density at radius 2 is 1.96 bits per heavy atom. The second kappa shape index (κ2) is 6.89. The summed E-state index contributed by atoms with van der Waals surface area (Å²) in [4.78, 5) is 35.0. The van der Waals surface area contributed by atoms with E-state index in [9.17, 15) is 19.7 Å². The van der Waals surface area contributed by atoms with Gasteiger partial charge in [-0.1, -0.05) is 23.7 Å². The SMILES string of the molecule is CC(=O)c1cc2cc(Cl)ccc2n(/N=C/c2ccccc2[N+](=O)[O-])c1=O. The molecule has 0 saturated heterocycles. The quantitative estimate of drug-likeness (QED) is 0.303. The Kier molecular flexibility index (Phi) is 4.64. The van der Waals surface area contributed by atoms with E-state index in [1.807, 2.05) is 0 Å². The molecular formula is C18H12ClN3O4. The average molecular weight is 370 g/mol. The lowest BCUT2D eigenvalue weighted by atomic mass is 10.1. The van der Waals surface area contributed by atoms with Gasteiger partial charge in [-0.05, 0) is 37.3 Å². The minimum Gasteiger partial charge on any atom is -0.294 e. The molecule has 2 aromatic carbocycles. The fourth-order valence-electron chi connectivity index (χ4n) is 2.52. The van der Waals surface area contributed by atoms with Crippen LogP contribution in [0.25, 0.3) is 10.9 Å². The number of para-hydroxylation sites is 1. The lowest BCUT2D eigenvalue weighted by Crippen LogP contribution is -2.23. The van der Waals surface area contributed by atoms with Crippen molar-refractivity contribution in [3.8, 4) is 0 Å². The number of carbonyl (C=O) groups excluding carboxylic acids is 1. The first-order valence-corrected chi connectivity index (χ1v) is 7.90. The van der Waals surface area contributed by atoms with Crippen LogP contribution in [0.15, 0.2) is 58.4 Å². The molecule has 0 aliphatic carbocycles. The van der Waals surface area contributed by atoms with E-state index < -0.39 is 16.3 Å². The minimum absolute atomic E-state index is 0.0421. The molecule has 0 amide bonds. The van der Waals surface area contributed by atoms with Crippen molar-refractivity contribution in [1.82, 2.24) is 4.68 Å². The molecule has 0 N–H and O–H groups in total. The van der Waals surface area contributed by atoms with Gasteiger partial charge in [0.2, 0.25) is 0 Å². The number of nitrogens with zero attached hydrogens (tertiary/aromatic N) is 3. The summed E-state index contributed by atoms with van der Waals surface area (Å²) in [6.07, 6.45) is 1.22. The molecule has 0 aliphatic heterocycles. The summed E-state index contributed by atoms with van der Waals surface area (Å²) in [5.41, 5.74) is -0.125. The number of hydrogen-bond donors (Lipinski definition) is 0. The number of ketones is 1. The Bertz CT molecular complexity index is 1130. The molecule has 0 aliphatic rings. The molecule has 130 valence electrons. The number of hydrogen-bond acceptors (Lipinski definition) is 5. The Labute approximate surface area is 152 Å². The highest BCUT2D eigenvalue weighted by Gasteiger charge is 2.14. The maximum atomic E-state index is 12.6. The first kappa shape index (κ1) is 17.5. The van der Waals surface area contributed by atoms with Gasteiger partial charge in [-0.25, -0.2) is 0 Å². The van der Waals surface area contributed by atoms with E-state index >= 15 is 0 Å². The lowest BCUT2D eigenvalue weighted by molar-refractivity contribution is -0.385. The van der Waals surface area contributed by atoms with Crippen LogP contribution < -0.4 is 5.56 Å². The summed E-state index contributed by atoms with van der Waals surface area (Å²) in [7, 11) is 0. The van der Waals surface area contributed by atoms with Crippen LogP contribution in [0.5, 0.6) is 0 Å². The maximum Gasteiger partial charge on any atom is 0.282 e. The van der Waals surface area contributed by atoms with Gasteiger partial charge < -0.3 is 0 Å². The highest BCUT2D eigenvalue weighted by molar-refractivity contribution is 6.31. The Hall–Kier alpha value is -3.32. The fraction of sp³-hybridized carbons (Fsp3) is 0.0556. The topological polar surface area (TPSA) is 94.6 Å². The zero-order valence-electron chi connectivity index (χ0n) is 13.5. The van der Waals surface area contributed by atoms with E-state index in [4.69, 9.17) is 11.6 Å². The number of carbonyl (C=O) groups is 1. The second-order valence-electron chi connectivity index (χ2n) is 5.49. The van der Waals surface area contributed by atoms with Crippen molar-refractivity contribution in [1.29, 1.82) is 0 Å². The predicted molar refractivity (Wildman–Crippen MR) is 99.3 cm³/mol. The third-order valence-corrected chi connectivity index (χ3v) is 4.00. The number of nitro groups is 1. The maximum absolute atomic E-state index is 12.6. The van der Waals surface area contributed by atoms with Crippen LogP contribution in [0, 0.1) is 10.1 Å². The molecule has 7 nitrogen and oxygen atoms in total. The van der Waals surface area contributed by atoms with Gasteiger partial charge in [-0.2, -0.15) is 9.78 Å². The minimum atomic E-state index is -0.609. The number of nitro benzene ring substituents is 1. The van der Waals surface area contributed by atoms with Crippen LogP contribution in [-0.2, 0) is 0 Å². The van der Waals surface area contributed by atoms with Crippen molar-refractivity contribution in [3.05, 3.63) is 85.1 Å². The molecule has 1 aromatic heterocycles. The number of benzene rings is 2. The Morgan fingerprint density at radius 1 is 1.23 bits per heavy atom. The van der Waals surface area contributed by atoms with Crippen LogP contribution in [0.2, 0.25) is 5.02 Å². The molecule has 3 aromatic rings. The van der Waals surface area contributed by atoms with Gasteiger partial charge in [0.05, 0.1) is 27.8 Å². The van der Waals surface area contributed by atoms with Crippen molar-refractivity contribution >= 4 is 40.2 Å². The molecule has 0 unspecified atom stereocenters. The molecule has 0 atom stereocenters. The van der Waals surface area contributed by atoms with Crippen LogP contribution in [0.4, 0.5) is 5.69 Å². The number of pyridine rings is 1. The number of Topliss-reactive ketones (excluding diaryl/α,β-unsaturated/α-hetero) is 1.